The molecule has 2 heterocycles. The molecule has 0 aliphatic heterocycles. The fraction of sp³-hybridized carbons (Fsp3) is 0.133. The number of hydrogen-bond acceptors (Lipinski definition) is 3. The van der Waals surface area contributed by atoms with Crippen LogP contribution in [0.25, 0.3) is 11.3 Å². The number of aromatic amines is 2. The molecule has 0 fully saturated rings. The van der Waals surface area contributed by atoms with Crippen LogP contribution in [0.3, 0.4) is 0 Å². The summed E-state index contributed by atoms with van der Waals surface area (Å²) in [6.07, 6.45) is 5.05. The second-order valence-corrected chi connectivity index (χ2v) is 4.79. The van der Waals surface area contributed by atoms with E-state index in [9.17, 15) is 4.79 Å². The number of benzene rings is 1. The summed E-state index contributed by atoms with van der Waals surface area (Å²) in [5.41, 5.74) is 3.19. The molecule has 0 atom stereocenters. The third-order valence-corrected chi connectivity index (χ3v) is 3.25. The van der Waals surface area contributed by atoms with Crippen LogP contribution in [0.2, 0.25) is 0 Å². The molecule has 3 rings (SSSR count). The van der Waals surface area contributed by atoms with Gasteiger partial charge in [0, 0.05) is 30.9 Å². The standard InChI is InChI=1S/C15H15N5O/c1-20(10-11-7-16-17-8-11)15(21)13-9-18-19-14(13)12-5-3-2-4-6-12/h2-9H,10H2,1H3,(H,16,17)(H,18,19). The summed E-state index contributed by atoms with van der Waals surface area (Å²) in [5, 5.41) is 13.5. The minimum absolute atomic E-state index is 0.0798. The van der Waals surface area contributed by atoms with E-state index < -0.39 is 0 Å². The van der Waals surface area contributed by atoms with Gasteiger partial charge in [0.05, 0.1) is 23.7 Å². The molecule has 2 aromatic heterocycles. The van der Waals surface area contributed by atoms with E-state index in [-0.39, 0.29) is 5.91 Å². The van der Waals surface area contributed by atoms with E-state index in [0.717, 1.165) is 16.8 Å². The zero-order valence-corrected chi connectivity index (χ0v) is 11.6. The molecule has 0 radical (unpaired) electrons. The van der Waals surface area contributed by atoms with Gasteiger partial charge in [-0.25, -0.2) is 0 Å². The molecule has 6 nitrogen and oxygen atoms in total. The summed E-state index contributed by atoms with van der Waals surface area (Å²) in [7, 11) is 1.76. The van der Waals surface area contributed by atoms with Gasteiger partial charge in [0.25, 0.3) is 5.91 Å². The van der Waals surface area contributed by atoms with Crippen LogP contribution in [-0.4, -0.2) is 38.2 Å². The fourth-order valence-corrected chi connectivity index (χ4v) is 2.19. The molecule has 0 unspecified atom stereocenters. The van der Waals surface area contributed by atoms with Gasteiger partial charge >= 0.3 is 0 Å². The minimum atomic E-state index is -0.0798. The lowest BCUT2D eigenvalue weighted by Gasteiger charge is -2.16. The van der Waals surface area contributed by atoms with E-state index in [0.29, 0.717) is 12.1 Å². The smallest absolute Gasteiger partial charge is 0.257 e. The van der Waals surface area contributed by atoms with Crippen molar-refractivity contribution in [3.05, 3.63) is 60.0 Å². The van der Waals surface area contributed by atoms with E-state index in [2.05, 4.69) is 20.4 Å². The van der Waals surface area contributed by atoms with Crippen molar-refractivity contribution in [3.8, 4) is 11.3 Å². The van der Waals surface area contributed by atoms with Crippen LogP contribution in [0.15, 0.2) is 48.9 Å². The van der Waals surface area contributed by atoms with Crippen LogP contribution in [0.1, 0.15) is 15.9 Å². The van der Waals surface area contributed by atoms with E-state index in [1.54, 1.807) is 30.5 Å². The summed E-state index contributed by atoms with van der Waals surface area (Å²) in [5.74, 6) is -0.0798. The Bertz CT molecular complexity index is 718. The minimum Gasteiger partial charge on any atom is -0.337 e. The first-order valence-electron chi connectivity index (χ1n) is 6.57. The lowest BCUT2D eigenvalue weighted by Crippen LogP contribution is -2.26. The molecule has 0 aliphatic carbocycles. The van der Waals surface area contributed by atoms with Crippen molar-refractivity contribution < 1.29 is 4.79 Å². The normalized spacial score (nSPS) is 10.5. The number of amides is 1. The zero-order chi connectivity index (χ0) is 14.7. The van der Waals surface area contributed by atoms with Gasteiger partial charge in [-0.1, -0.05) is 30.3 Å². The summed E-state index contributed by atoms with van der Waals surface area (Å²) < 4.78 is 0. The summed E-state index contributed by atoms with van der Waals surface area (Å²) in [4.78, 5) is 14.2. The molecule has 21 heavy (non-hydrogen) atoms. The third kappa shape index (κ3) is 2.69. The third-order valence-electron chi connectivity index (χ3n) is 3.25. The van der Waals surface area contributed by atoms with Gasteiger partial charge in [-0.15, -0.1) is 0 Å². The van der Waals surface area contributed by atoms with Crippen molar-refractivity contribution in [2.75, 3.05) is 7.05 Å². The maximum atomic E-state index is 12.6. The largest absolute Gasteiger partial charge is 0.337 e. The highest BCUT2D eigenvalue weighted by molar-refractivity contribution is 5.99. The van der Waals surface area contributed by atoms with Crippen molar-refractivity contribution in [2.24, 2.45) is 0 Å². The van der Waals surface area contributed by atoms with Gasteiger partial charge in [-0.3, -0.25) is 15.0 Å². The highest BCUT2D eigenvalue weighted by Gasteiger charge is 2.19. The van der Waals surface area contributed by atoms with E-state index in [1.807, 2.05) is 30.3 Å². The average Bonchev–Trinajstić information content (AvgIpc) is 3.18. The molecule has 3 aromatic rings. The van der Waals surface area contributed by atoms with Gasteiger partial charge in [-0.05, 0) is 0 Å². The molecule has 0 bridgehead atoms. The molecule has 6 heteroatoms. The molecular formula is C15H15N5O. The Kier molecular flexibility index (Phi) is 3.51. The lowest BCUT2D eigenvalue weighted by molar-refractivity contribution is 0.0786. The summed E-state index contributed by atoms with van der Waals surface area (Å²) >= 11 is 0. The van der Waals surface area contributed by atoms with Crippen LogP contribution in [0, 0.1) is 0 Å². The van der Waals surface area contributed by atoms with Gasteiger partial charge < -0.3 is 4.90 Å². The van der Waals surface area contributed by atoms with Crippen LogP contribution in [0.4, 0.5) is 0 Å². The van der Waals surface area contributed by atoms with Gasteiger partial charge in [-0.2, -0.15) is 10.2 Å². The number of aromatic nitrogens is 4. The maximum Gasteiger partial charge on any atom is 0.257 e. The quantitative estimate of drug-likeness (QED) is 0.768. The van der Waals surface area contributed by atoms with E-state index >= 15 is 0 Å². The lowest BCUT2D eigenvalue weighted by atomic mass is 10.1. The Morgan fingerprint density at radius 1 is 1.19 bits per heavy atom. The number of nitrogens with zero attached hydrogens (tertiary/aromatic N) is 3. The highest BCUT2D eigenvalue weighted by atomic mass is 16.2. The van der Waals surface area contributed by atoms with E-state index in [4.69, 9.17) is 0 Å². The van der Waals surface area contributed by atoms with Crippen molar-refractivity contribution >= 4 is 5.91 Å². The van der Waals surface area contributed by atoms with Crippen molar-refractivity contribution in [1.82, 2.24) is 25.3 Å². The predicted molar refractivity (Wildman–Crippen MR) is 78.4 cm³/mol. The Morgan fingerprint density at radius 2 is 2.00 bits per heavy atom. The average molecular weight is 281 g/mol. The Labute approximate surface area is 121 Å². The SMILES string of the molecule is CN(Cc1cn[nH]c1)C(=O)c1cn[nH]c1-c1ccccc1. The topological polar surface area (TPSA) is 77.7 Å². The van der Waals surface area contributed by atoms with Crippen molar-refractivity contribution in [1.29, 1.82) is 0 Å². The zero-order valence-electron chi connectivity index (χ0n) is 11.6. The van der Waals surface area contributed by atoms with Crippen LogP contribution in [-0.2, 0) is 6.54 Å². The molecule has 0 saturated carbocycles. The Morgan fingerprint density at radius 3 is 2.71 bits per heavy atom. The fourth-order valence-electron chi connectivity index (χ4n) is 2.19. The molecule has 106 valence electrons. The summed E-state index contributed by atoms with van der Waals surface area (Å²) in [6.45, 7) is 0.495. The van der Waals surface area contributed by atoms with Crippen LogP contribution in [0.5, 0.6) is 0 Å². The molecule has 0 spiro atoms. The molecule has 1 aromatic carbocycles. The number of hydrogen-bond donors (Lipinski definition) is 2. The van der Waals surface area contributed by atoms with Crippen molar-refractivity contribution in [2.45, 2.75) is 6.54 Å². The second kappa shape index (κ2) is 5.62. The molecule has 0 aliphatic rings. The Hall–Kier alpha value is -2.89. The monoisotopic (exact) mass is 281 g/mol. The molecule has 0 saturated heterocycles. The molecular weight excluding hydrogens is 266 g/mol. The predicted octanol–water partition coefficient (Wildman–Crippen LogP) is 2.07. The number of H-pyrrole nitrogens is 2. The molecule has 2 N–H and O–H groups in total. The number of rotatable bonds is 4. The van der Waals surface area contributed by atoms with Gasteiger partial charge in [0.2, 0.25) is 0 Å². The number of carbonyl (C=O) groups excluding carboxylic acids is 1. The first-order chi connectivity index (χ1) is 10.3. The second-order valence-electron chi connectivity index (χ2n) is 4.79. The van der Waals surface area contributed by atoms with Crippen LogP contribution < -0.4 is 0 Å². The van der Waals surface area contributed by atoms with Crippen molar-refractivity contribution in [3.63, 3.8) is 0 Å². The first kappa shape index (κ1) is 13.1. The van der Waals surface area contributed by atoms with Gasteiger partial charge in [0.15, 0.2) is 0 Å². The highest BCUT2D eigenvalue weighted by Crippen LogP contribution is 2.22. The molecule has 1 amide bonds. The van der Waals surface area contributed by atoms with Gasteiger partial charge in [0.1, 0.15) is 0 Å². The summed E-state index contributed by atoms with van der Waals surface area (Å²) in [6, 6.07) is 9.69. The number of nitrogens with one attached hydrogen (secondary N) is 2. The maximum absolute atomic E-state index is 12.6. The number of carbonyl (C=O) groups is 1. The first-order valence-corrected chi connectivity index (χ1v) is 6.57. The Balaban J connectivity index is 1.84. The van der Waals surface area contributed by atoms with Crippen LogP contribution >= 0.6 is 0 Å². The van der Waals surface area contributed by atoms with E-state index in [1.165, 1.54) is 0 Å².